The lowest BCUT2D eigenvalue weighted by molar-refractivity contribution is 0.184. The lowest BCUT2D eigenvalue weighted by Crippen LogP contribution is -2.28. The Hall–Kier alpha value is -0.540. The lowest BCUT2D eigenvalue weighted by atomic mass is 9.82. The van der Waals surface area contributed by atoms with E-state index in [-0.39, 0.29) is 0 Å². The van der Waals surface area contributed by atoms with Crippen molar-refractivity contribution in [2.24, 2.45) is 11.8 Å². The second kappa shape index (κ2) is 6.48. The highest BCUT2D eigenvalue weighted by Gasteiger charge is 2.34. The molecule has 3 heteroatoms. The third-order valence-corrected chi connectivity index (χ3v) is 5.51. The van der Waals surface area contributed by atoms with Crippen LogP contribution in [0, 0.1) is 11.8 Å². The molecule has 0 radical (unpaired) electrons. The quantitative estimate of drug-likeness (QED) is 0.818. The summed E-state index contributed by atoms with van der Waals surface area (Å²) in [7, 11) is 1.76. The summed E-state index contributed by atoms with van der Waals surface area (Å²) in [6.45, 7) is 0.655. The molecule has 3 rings (SSSR count). The van der Waals surface area contributed by atoms with Crippen LogP contribution in [0.5, 0.6) is 0 Å². The van der Waals surface area contributed by atoms with Gasteiger partial charge in [0, 0.05) is 28.9 Å². The van der Waals surface area contributed by atoms with Crippen molar-refractivity contribution in [3.8, 4) is 0 Å². The SMILES string of the molecule is COCc1c(Br)cccc1NC1CCCC(C2CC2)C1. The van der Waals surface area contributed by atoms with Gasteiger partial charge >= 0.3 is 0 Å². The smallest absolute Gasteiger partial charge is 0.0744 e. The molecule has 0 spiro atoms. The number of nitrogens with one attached hydrogen (secondary N) is 1. The van der Waals surface area contributed by atoms with E-state index >= 15 is 0 Å². The Morgan fingerprint density at radius 2 is 2.05 bits per heavy atom. The zero-order chi connectivity index (χ0) is 13.9. The van der Waals surface area contributed by atoms with Crippen molar-refractivity contribution < 1.29 is 4.74 Å². The average Bonchev–Trinajstić information content (AvgIpc) is 3.28. The van der Waals surface area contributed by atoms with Gasteiger partial charge in [0.1, 0.15) is 0 Å². The minimum atomic E-state index is 0.638. The average molecular weight is 338 g/mol. The predicted octanol–water partition coefficient (Wildman–Crippen LogP) is 4.98. The molecule has 110 valence electrons. The first-order valence-electron chi connectivity index (χ1n) is 7.80. The van der Waals surface area contributed by atoms with Gasteiger partial charge in [-0.2, -0.15) is 0 Å². The van der Waals surface area contributed by atoms with Crippen LogP contribution in [0.25, 0.3) is 0 Å². The molecular formula is C17H24BrNO. The summed E-state index contributed by atoms with van der Waals surface area (Å²) in [5.74, 6) is 2.01. The van der Waals surface area contributed by atoms with Gasteiger partial charge in [-0.15, -0.1) is 0 Å². The summed E-state index contributed by atoms with van der Waals surface area (Å²) in [4.78, 5) is 0. The van der Waals surface area contributed by atoms with E-state index in [4.69, 9.17) is 4.74 Å². The van der Waals surface area contributed by atoms with Crippen LogP contribution >= 0.6 is 15.9 Å². The Morgan fingerprint density at radius 1 is 1.20 bits per heavy atom. The second-order valence-electron chi connectivity index (χ2n) is 6.30. The van der Waals surface area contributed by atoms with E-state index in [2.05, 4.69) is 39.4 Å². The monoisotopic (exact) mass is 337 g/mol. The number of hydrogen-bond acceptors (Lipinski definition) is 2. The standard InChI is InChI=1S/C17H24BrNO/c1-20-11-15-16(18)6-3-7-17(15)19-14-5-2-4-13(10-14)12-8-9-12/h3,6-7,12-14,19H,2,4-5,8-11H2,1H3. The van der Waals surface area contributed by atoms with Crippen LogP contribution in [0.4, 0.5) is 5.69 Å². The van der Waals surface area contributed by atoms with E-state index in [1.165, 1.54) is 49.8 Å². The van der Waals surface area contributed by atoms with E-state index in [9.17, 15) is 0 Å². The molecule has 2 aliphatic carbocycles. The van der Waals surface area contributed by atoms with Gasteiger partial charge in [0.05, 0.1) is 6.61 Å². The molecule has 2 atom stereocenters. The van der Waals surface area contributed by atoms with Gasteiger partial charge in [-0.25, -0.2) is 0 Å². The summed E-state index contributed by atoms with van der Waals surface area (Å²) in [6.07, 6.45) is 8.44. The third-order valence-electron chi connectivity index (χ3n) is 4.77. The van der Waals surface area contributed by atoms with E-state index in [1.54, 1.807) is 7.11 Å². The maximum atomic E-state index is 5.34. The van der Waals surface area contributed by atoms with Crippen LogP contribution < -0.4 is 5.32 Å². The minimum absolute atomic E-state index is 0.638. The maximum Gasteiger partial charge on any atom is 0.0744 e. The number of hydrogen-bond donors (Lipinski definition) is 1. The molecule has 2 nitrogen and oxygen atoms in total. The van der Waals surface area contributed by atoms with Crippen LogP contribution in [-0.4, -0.2) is 13.2 Å². The van der Waals surface area contributed by atoms with E-state index in [1.807, 2.05) is 0 Å². The molecule has 0 aromatic heterocycles. The first-order valence-corrected chi connectivity index (χ1v) is 8.60. The Morgan fingerprint density at radius 3 is 2.80 bits per heavy atom. The van der Waals surface area contributed by atoms with Gasteiger partial charge < -0.3 is 10.1 Å². The van der Waals surface area contributed by atoms with Crippen molar-refractivity contribution in [1.82, 2.24) is 0 Å². The molecule has 2 saturated carbocycles. The van der Waals surface area contributed by atoms with Gasteiger partial charge in [0.25, 0.3) is 0 Å². The molecule has 1 N–H and O–H groups in total. The first-order chi connectivity index (χ1) is 9.78. The molecule has 2 unspecified atom stereocenters. The normalized spacial score (nSPS) is 26.5. The molecule has 0 amide bonds. The summed E-state index contributed by atoms with van der Waals surface area (Å²) in [6, 6.07) is 7.01. The molecule has 0 heterocycles. The van der Waals surface area contributed by atoms with E-state index in [0.717, 1.165) is 16.3 Å². The van der Waals surface area contributed by atoms with Gasteiger partial charge in [0.2, 0.25) is 0 Å². The highest BCUT2D eigenvalue weighted by atomic mass is 79.9. The molecule has 0 saturated heterocycles. The van der Waals surface area contributed by atoms with Gasteiger partial charge in [-0.05, 0) is 49.7 Å². The number of benzene rings is 1. The summed E-state index contributed by atoms with van der Waals surface area (Å²) >= 11 is 3.64. The Kier molecular flexibility index (Phi) is 4.67. The molecule has 2 aliphatic rings. The second-order valence-corrected chi connectivity index (χ2v) is 7.16. The van der Waals surface area contributed by atoms with Gasteiger partial charge in [0.15, 0.2) is 0 Å². The summed E-state index contributed by atoms with van der Waals surface area (Å²) in [5.41, 5.74) is 2.48. The first kappa shape index (κ1) is 14.4. The zero-order valence-corrected chi connectivity index (χ0v) is 13.8. The van der Waals surface area contributed by atoms with Crippen LogP contribution in [0.3, 0.4) is 0 Å². The fraction of sp³-hybridized carbons (Fsp3) is 0.647. The van der Waals surface area contributed by atoms with Crippen molar-refractivity contribution in [2.45, 2.75) is 51.2 Å². The number of anilines is 1. The molecule has 0 bridgehead atoms. The maximum absolute atomic E-state index is 5.34. The summed E-state index contributed by atoms with van der Waals surface area (Å²) < 4.78 is 6.48. The predicted molar refractivity (Wildman–Crippen MR) is 86.9 cm³/mol. The highest BCUT2D eigenvalue weighted by molar-refractivity contribution is 9.10. The Balaban J connectivity index is 1.68. The van der Waals surface area contributed by atoms with Crippen molar-refractivity contribution in [2.75, 3.05) is 12.4 Å². The zero-order valence-electron chi connectivity index (χ0n) is 12.2. The Labute approximate surface area is 130 Å². The number of rotatable bonds is 5. The van der Waals surface area contributed by atoms with Gasteiger partial charge in [-0.1, -0.05) is 34.8 Å². The van der Waals surface area contributed by atoms with Crippen molar-refractivity contribution in [3.63, 3.8) is 0 Å². The molecular weight excluding hydrogens is 314 g/mol. The van der Waals surface area contributed by atoms with Crippen LogP contribution in [0.15, 0.2) is 22.7 Å². The molecule has 20 heavy (non-hydrogen) atoms. The van der Waals surface area contributed by atoms with Crippen LogP contribution in [-0.2, 0) is 11.3 Å². The van der Waals surface area contributed by atoms with E-state index < -0.39 is 0 Å². The van der Waals surface area contributed by atoms with Crippen LogP contribution in [0.2, 0.25) is 0 Å². The van der Waals surface area contributed by atoms with Crippen molar-refractivity contribution in [3.05, 3.63) is 28.2 Å². The van der Waals surface area contributed by atoms with Crippen molar-refractivity contribution in [1.29, 1.82) is 0 Å². The minimum Gasteiger partial charge on any atom is -0.382 e. The van der Waals surface area contributed by atoms with Gasteiger partial charge in [-0.3, -0.25) is 0 Å². The summed E-state index contributed by atoms with van der Waals surface area (Å²) in [5, 5.41) is 3.78. The highest BCUT2D eigenvalue weighted by Crippen LogP contribution is 2.44. The topological polar surface area (TPSA) is 21.3 Å². The number of methoxy groups -OCH3 is 1. The molecule has 2 fully saturated rings. The van der Waals surface area contributed by atoms with E-state index in [0.29, 0.717) is 12.6 Å². The largest absolute Gasteiger partial charge is 0.382 e. The Bertz CT molecular complexity index is 458. The number of halogens is 1. The fourth-order valence-electron chi connectivity index (χ4n) is 3.56. The lowest BCUT2D eigenvalue weighted by Gasteiger charge is -2.31. The molecule has 0 aliphatic heterocycles. The molecule has 1 aromatic rings. The number of ether oxygens (including phenoxy) is 1. The third kappa shape index (κ3) is 3.37. The van der Waals surface area contributed by atoms with Crippen molar-refractivity contribution >= 4 is 21.6 Å². The fourth-order valence-corrected chi connectivity index (χ4v) is 4.04. The van der Waals surface area contributed by atoms with Crippen LogP contribution in [0.1, 0.15) is 44.1 Å². The molecule has 1 aromatic carbocycles.